The Labute approximate surface area is 161 Å². The Morgan fingerprint density at radius 1 is 1.33 bits per heavy atom. The summed E-state index contributed by atoms with van der Waals surface area (Å²) in [6, 6.07) is 6.66. The van der Waals surface area contributed by atoms with E-state index in [4.69, 9.17) is 20.9 Å². The van der Waals surface area contributed by atoms with E-state index in [-0.39, 0.29) is 11.1 Å². The number of aromatic nitrogens is 3. The average Bonchev–Trinajstić information content (AvgIpc) is 3.25. The van der Waals surface area contributed by atoms with E-state index in [1.165, 1.54) is 6.07 Å². The third-order valence-corrected chi connectivity index (χ3v) is 5.21. The molecule has 0 N–H and O–H groups in total. The van der Waals surface area contributed by atoms with Crippen LogP contribution in [0.4, 0.5) is 4.39 Å². The summed E-state index contributed by atoms with van der Waals surface area (Å²) in [5.74, 6) is 0.360. The van der Waals surface area contributed by atoms with Gasteiger partial charge in [-0.1, -0.05) is 22.8 Å². The number of hydrogen-bond donors (Lipinski definition) is 0. The first-order valence-electron chi connectivity index (χ1n) is 8.74. The van der Waals surface area contributed by atoms with Crippen LogP contribution in [0.2, 0.25) is 5.02 Å². The van der Waals surface area contributed by atoms with Gasteiger partial charge >= 0.3 is 0 Å². The van der Waals surface area contributed by atoms with Crippen LogP contribution in [0.15, 0.2) is 35.0 Å². The molecule has 1 aromatic carbocycles. The molecule has 1 fully saturated rings. The van der Waals surface area contributed by atoms with Crippen LogP contribution in [0, 0.1) is 12.7 Å². The van der Waals surface area contributed by atoms with Gasteiger partial charge < -0.3 is 9.26 Å². The molecule has 1 unspecified atom stereocenters. The molecule has 2 aromatic heterocycles. The molecule has 0 aliphatic carbocycles. The van der Waals surface area contributed by atoms with Gasteiger partial charge in [-0.3, -0.25) is 9.58 Å². The lowest BCUT2D eigenvalue weighted by atomic mass is 10.1. The molecule has 0 spiro atoms. The van der Waals surface area contributed by atoms with Crippen LogP contribution in [0.25, 0.3) is 11.3 Å². The van der Waals surface area contributed by atoms with Gasteiger partial charge in [0.2, 0.25) is 0 Å². The predicted octanol–water partition coefficient (Wildman–Crippen LogP) is 3.75. The Kier molecular flexibility index (Phi) is 4.99. The van der Waals surface area contributed by atoms with Gasteiger partial charge in [-0.15, -0.1) is 0 Å². The molecule has 142 valence electrons. The molecule has 3 heterocycles. The van der Waals surface area contributed by atoms with Crippen LogP contribution in [-0.4, -0.2) is 39.5 Å². The number of ether oxygens (including phenoxy) is 1. The summed E-state index contributed by atoms with van der Waals surface area (Å²) in [5.41, 5.74) is 3.66. The van der Waals surface area contributed by atoms with E-state index in [0.29, 0.717) is 19.7 Å². The molecule has 1 aliphatic rings. The van der Waals surface area contributed by atoms with Gasteiger partial charge in [-0.05, 0) is 24.6 Å². The minimum atomic E-state index is -0.423. The first-order chi connectivity index (χ1) is 13.0. The highest BCUT2D eigenvalue weighted by molar-refractivity contribution is 6.30. The maximum Gasteiger partial charge on any atom is 0.151 e. The van der Waals surface area contributed by atoms with Crippen LogP contribution in [0.5, 0.6) is 0 Å². The molecule has 1 aliphatic heterocycles. The second kappa shape index (κ2) is 7.42. The number of nitrogens with zero attached hydrogens (tertiary/aromatic N) is 4. The minimum absolute atomic E-state index is 0.111. The third-order valence-electron chi connectivity index (χ3n) is 4.92. The quantitative estimate of drug-likeness (QED) is 0.679. The third kappa shape index (κ3) is 3.76. The van der Waals surface area contributed by atoms with E-state index in [2.05, 4.69) is 15.2 Å². The van der Waals surface area contributed by atoms with Crippen LogP contribution < -0.4 is 0 Å². The van der Waals surface area contributed by atoms with E-state index in [1.54, 1.807) is 18.3 Å². The zero-order valence-electron chi connectivity index (χ0n) is 15.2. The topological polar surface area (TPSA) is 56.3 Å². The van der Waals surface area contributed by atoms with Crippen LogP contribution in [0.3, 0.4) is 0 Å². The van der Waals surface area contributed by atoms with Gasteiger partial charge in [0.15, 0.2) is 5.76 Å². The lowest BCUT2D eigenvalue weighted by molar-refractivity contribution is -0.0351. The van der Waals surface area contributed by atoms with E-state index >= 15 is 0 Å². The van der Waals surface area contributed by atoms with Crippen molar-refractivity contribution in [1.82, 2.24) is 19.8 Å². The Morgan fingerprint density at radius 2 is 2.19 bits per heavy atom. The van der Waals surface area contributed by atoms with Gasteiger partial charge in [0, 0.05) is 37.5 Å². The standard InChI is InChI=1S/C19H20ClFN4O2/c1-12-15(9-22-24(12)2)18-8-14(27-23-18)10-25-5-6-26-19(11-25)13-3-4-17(21)16(20)7-13/h3-4,7-9,19H,5-6,10-11H2,1-2H3. The van der Waals surface area contributed by atoms with Crippen LogP contribution >= 0.6 is 11.6 Å². The minimum Gasteiger partial charge on any atom is -0.371 e. The smallest absolute Gasteiger partial charge is 0.151 e. The molecule has 0 amide bonds. The fourth-order valence-electron chi connectivity index (χ4n) is 3.25. The molecule has 0 saturated carbocycles. The average molecular weight is 391 g/mol. The first kappa shape index (κ1) is 18.2. The van der Waals surface area contributed by atoms with E-state index in [9.17, 15) is 4.39 Å². The molecular formula is C19H20ClFN4O2. The van der Waals surface area contributed by atoms with Gasteiger partial charge in [-0.2, -0.15) is 5.10 Å². The molecule has 0 bridgehead atoms. The molecule has 8 heteroatoms. The van der Waals surface area contributed by atoms with Crippen molar-refractivity contribution in [1.29, 1.82) is 0 Å². The summed E-state index contributed by atoms with van der Waals surface area (Å²) in [7, 11) is 1.90. The fourth-order valence-corrected chi connectivity index (χ4v) is 3.43. The zero-order chi connectivity index (χ0) is 19.0. The Morgan fingerprint density at radius 3 is 2.93 bits per heavy atom. The summed E-state index contributed by atoms with van der Waals surface area (Å²) < 4.78 is 26.6. The highest BCUT2D eigenvalue weighted by atomic mass is 35.5. The van der Waals surface area contributed by atoms with Crippen molar-refractivity contribution in [2.75, 3.05) is 19.7 Å². The van der Waals surface area contributed by atoms with Crippen LogP contribution in [-0.2, 0) is 18.3 Å². The second-order valence-electron chi connectivity index (χ2n) is 6.71. The number of hydrogen-bond acceptors (Lipinski definition) is 5. The molecule has 4 rings (SSSR count). The summed E-state index contributed by atoms with van der Waals surface area (Å²) in [6.45, 7) is 4.66. The number of morpholine rings is 1. The summed E-state index contributed by atoms with van der Waals surface area (Å²) in [4.78, 5) is 2.23. The Balaban J connectivity index is 1.45. The van der Waals surface area contributed by atoms with Crippen molar-refractivity contribution in [2.45, 2.75) is 19.6 Å². The molecule has 3 aromatic rings. The maximum atomic E-state index is 13.4. The molecule has 1 atom stereocenters. The SMILES string of the molecule is Cc1c(-c2cc(CN3CCOC(c4ccc(F)c(Cl)c4)C3)on2)cnn1C. The van der Waals surface area contributed by atoms with Crippen molar-refractivity contribution in [3.63, 3.8) is 0 Å². The summed E-state index contributed by atoms with van der Waals surface area (Å²) in [6.07, 6.45) is 1.64. The van der Waals surface area contributed by atoms with Crippen molar-refractivity contribution in [3.8, 4) is 11.3 Å². The lowest BCUT2D eigenvalue weighted by Crippen LogP contribution is -2.37. The lowest BCUT2D eigenvalue weighted by Gasteiger charge is -2.32. The number of benzene rings is 1. The Bertz CT molecular complexity index is 955. The van der Waals surface area contributed by atoms with Crippen molar-refractivity contribution < 1.29 is 13.7 Å². The summed E-state index contributed by atoms with van der Waals surface area (Å²) in [5, 5.41) is 8.54. The largest absolute Gasteiger partial charge is 0.371 e. The van der Waals surface area contributed by atoms with Gasteiger partial charge in [-0.25, -0.2) is 4.39 Å². The van der Waals surface area contributed by atoms with E-state index in [0.717, 1.165) is 34.8 Å². The molecular weight excluding hydrogens is 371 g/mol. The van der Waals surface area contributed by atoms with Crippen LogP contribution in [0.1, 0.15) is 23.1 Å². The monoisotopic (exact) mass is 390 g/mol. The molecule has 6 nitrogen and oxygen atoms in total. The first-order valence-corrected chi connectivity index (χ1v) is 9.12. The highest BCUT2D eigenvalue weighted by Gasteiger charge is 2.24. The van der Waals surface area contributed by atoms with E-state index in [1.807, 2.05) is 24.7 Å². The fraction of sp³-hybridized carbons (Fsp3) is 0.368. The van der Waals surface area contributed by atoms with Gasteiger partial charge in [0.1, 0.15) is 11.5 Å². The Hall–Kier alpha value is -2.22. The molecule has 0 radical (unpaired) electrons. The molecule has 27 heavy (non-hydrogen) atoms. The maximum absolute atomic E-state index is 13.4. The number of aryl methyl sites for hydroxylation is 1. The second-order valence-corrected chi connectivity index (χ2v) is 7.12. The molecule has 1 saturated heterocycles. The zero-order valence-corrected chi connectivity index (χ0v) is 15.9. The van der Waals surface area contributed by atoms with Gasteiger partial charge in [0.25, 0.3) is 0 Å². The predicted molar refractivity (Wildman–Crippen MR) is 98.8 cm³/mol. The normalized spacial score (nSPS) is 18.1. The summed E-state index contributed by atoms with van der Waals surface area (Å²) >= 11 is 5.90. The van der Waals surface area contributed by atoms with Gasteiger partial charge in [0.05, 0.1) is 30.5 Å². The van der Waals surface area contributed by atoms with Crippen molar-refractivity contribution in [3.05, 3.63) is 58.3 Å². The van der Waals surface area contributed by atoms with Crippen molar-refractivity contribution in [2.24, 2.45) is 7.05 Å². The van der Waals surface area contributed by atoms with Crippen molar-refractivity contribution >= 4 is 11.6 Å². The van der Waals surface area contributed by atoms with E-state index < -0.39 is 5.82 Å². The highest BCUT2D eigenvalue weighted by Crippen LogP contribution is 2.28. The number of halogens is 2. The number of rotatable bonds is 4.